The quantitative estimate of drug-likeness (QED) is 0.798. The van der Waals surface area contributed by atoms with E-state index in [1.54, 1.807) is 0 Å². The van der Waals surface area contributed by atoms with Crippen molar-refractivity contribution in [3.8, 4) is 0 Å². The number of hydrogen-bond donors (Lipinski definition) is 0. The first-order valence-corrected chi connectivity index (χ1v) is 7.10. The van der Waals surface area contributed by atoms with Crippen molar-refractivity contribution in [1.82, 2.24) is 15.1 Å². The Morgan fingerprint density at radius 2 is 1.86 bits per heavy atom. The number of fused-ring (bicyclic) bond motifs is 2. The van der Waals surface area contributed by atoms with Crippen molar-refractivity contribution >= 4 is 5.91 Å². The molecule has 0 aliphatic carbocycles. The molecule has 0 unspecified atom stereocenters. The van der Waals surface area contributed by atoms with Gasteiger partial charge < -0.3 is 9.64 Å². The maximum atomic E-state index is 12.6. The number of amides is 1. The van der Waals surface area contributed by atoms with Crippen molar-refractivity contribution in [1.29, 1.82) is 0 Å². The molecule has 5 heteroatoms. The number of ether oxygens (including phenoxy) is 1. The van der Waals surface area contributed by atoms with Gasteiger partial charge >= 0.3 is 0 Å². The molecule has 2 aliphatic heterocycles. The molecular weight excluding hydrogens is 266 g/mol. The van der Waals surface area contributed by atoms with E-state index in [2.05, 4.69) is 22.3 Å². The molecule has 4 rings (SSSR count). The fourth-order valence-corrected chi connectivity index (χ4v) is 2.89. The Labute approximate surface area is 122 Å². The Bertz CT molecular complexity index is 689. The lowest BCUT2D eigenvalue weighted by atomic mass is 10.1. The van der Waals surface area contributed by atoms with Crippen LogP contribution in [0.5, 0.6) is 0 Å². The first-order chi connectivity index (χ1) is 10.3. The number of hydrogen-bond acceptors (Lipinski definition) is 4. The second-order valence-corrected chi connectivity index (χ2v) is 5.43. The zero-order chi connectivity index (χ0) is 14.2. The number of aromatic nitrogens is 2. The predicted octanol–water partition coefficient (Wildman–Crippen LogP) is 1.71. The van der Waals surface area contributed by atoms with Crippen LogP contribution in [0.1, 0.15) is 32.9 Å². The van der Waals surface area contributed by atoms with Crippen LogP contribution in [-0.2, 0) is 30.9 Å². The fourth-order valence-electron chi connectivity index (χ4n) is 2.89. The zero-order valence-corrected chi connectivity index (χ0v) is 11.6. The Hall–Kier alpha value is -2.27. The summed E-state index contributed by atoms with van der Waals surface area (Å²) in [5.74, 6) is -0.0629. The van der Waals surface area contributed by atoms with Crippen LogP contribution in [-0.4, -0.2) is 27.6 Å². The SMILES string of the molecule is O=C(c1cc2c(nn1)CCOC2)N1Cc2ccccc2C1. The summed E-state index contributed by atoms with van der Waals surface area (Å²) < 4.78 is 5.41. The maximum absolute atomic E-state index is 12.6. The Balaban J connectivity index is 1.59. The van der Waals surface area contributed by atoms with Crippen LogP contribution >= 0.6 is 0 Å². The summed E-state index contributed by atoms with van der Waals surface area (Å²) in [6.45, 7) is 2.48. The largest absolute Gasteiger partial charge is 0.376 e. The van der Waals surface area contributed by atoms with Gasteiger partial charge in [0.1, 0.15) is 0 Å². The third kappa shape index (κ3) is 2.19. The Kier molecular flexibility index (Phi) is 2.93. The molecule has 1 aromatic heterocycles. The maximum Gasteiger partial charge on any atom is 0.274 e. The molecule has 0 N–H and O–H groups in total. The summed E-state index contributed by atoms with van der Waals surface area (Å²) in [7, 11) is 0. The van der Waals surface area contributed by atoms with Gasteiger partial charge in [-0.2, -0.15) is 5.10 Å². The fraction of sp³-hybridized carbons (Fsp3) is 0.312. The average Bonchev–Trinajstić information content (AvgIpc) is 2.97. The molecule has 0 bridgehead atoms. The van der Waals surface area contributed by atoms with Gasteiger partial charge in [-0.15, -0.1) is 5.10 Å². The molecule has 0 atom stereocenters. The average molecular weight is 281 g/mol. The molecule has 106 valence electrons. The minimum Gasteiger partial charge on any atom is -0.376 e. The first kappa shape index (κ1) is 12.5. The van der Waals surface area contributed by atoms with E-state index >= 15 is 0 Å². The van der Waals surface area contributed by atoms with E-state index in [-0.39, 0.29) is 5.91 Å². The number of carbonyl (C=O) groups excluding carboxylic acids is 1. The Morgan fingerprint density at radius 3 is 2.62 bits per heavy atom. The second-order valence-electron chi connectivity index (χ2n) is 5.43. The van der Waals surface area contributed by atoms with Crippen LogP contribution < -0.4 is 0 Å². The summed E-state index contributed by atoms with van der Waals surface area (Å²) in [6.07, 6.45) is 0.770. The van der Waals surface area contributed by atoms with Crippen molar-refractivity contribution in [2.45, 2.75) is 26.1 Å². The van der Waals surface area contributed by atoms with Crippen molar-refractivity contribution < 1.29 is 9.53 Å². The van der Waals surface area contributed by atoms with Crippen LogP contribution in [0.3, 0.4) is 0 Å². The molecule has 0 radical (unpaired) electrons. The molecular formula is C16H15N3O2. The van der Waals surface area contributed by atoms with Crippen LogP contribution in [0.2, 0.25) is 0 Å². The summed E-state index contributed by atoms with van der Waals surface area (Å²) in [5, 5.41) is 8.29. The van der Waals surface area contributed by atoms with E-state index in [9.17, 15) is 4.79 Å². The van der Waals surface area contributed by atoms with E-state index in [0.717, 1.165) is 17.7 Å². The van der Waals surface area contributed by atoms with E-state index < -0.39 is 0 Å². The lowest BCUT2D eigenvalue weighted by Gasteiger charge is -2.18. The highest BCUT2D eigenvalue weighted by atomic mass is 16.5. The van der Waals surface area contributed by atoms with Crippen LogP contribution in [0.4, 0.5) is 0 Å². The highest BCUT2D eigenvalue weighted by Gasteiger charge is 2.26. The topological polar surface area (TPSA) is 55.3 Å². The van der Waals surface area contributed by atoms with Gasteiger partial charge in [0.05, 0.1) is 18.9 Å². The monoisotopic (exact) mass is 281 g/mol. The molecule has 0 saturated heterocycles. The van der Waals surface area contributed by atoms with Crippen molar-refractivity contribution in [3.05, 3.63) is 58.4 Å². The molecule has 1 amide bonds. The van der Waals surface area contributed by atoms with Crippen LogP contribution in [0, 0.1) is 0 Å². The molecule has 21 heavy (non-hydrogen) atoms. The summed E-state index contributed by atoms with van der Waals surface area (Å²) >= 11 is 0. The van der Waals surface area contributed by atoms with Crippen LogP contribution in [0.15, 0.2) is 30.3 Å². The van der Waals surface area contributed by atoms with Crippen molar-refractivity contribution in [2.24, 2.45) is 0 Å². The molecule has 0 saturated carbocycles. The summed E-state index contributed by atoms with van der Waals surface area (Å²) in [5.41, 5.74) is 4.76. The first-order valence-electron chi connectivity index (χ1n) is 7.10. The minimum absolute atomic E-state index is 0.0629. The number of benzene rings is 1. The van der Waals surface area contributed by atoms with E-state index in [1.165, 1.54) is 11.1 Å². The molecule has 2 aromatic rings. The van der Waals surface area contributed by atoms with Gasteiger partial charge in [-0.1, -0.05) is 24.3 Å². The summed E-state index contributed by atoms with van der Waals surface area (Å²) in [6, 6.07) is 9.96. The lowest BCUT2D eigenvalue weighted by molar-refractivity contribution is 0.0741. The van der Waals surface area contributed by atoms with Crippen molar-refractivity contribution in [2.75, 3.05) is 6.61 Å². The van der Waals surface area contributed by atoms with E-state index in [4.69, 9.17) is 4.74 Å². The molecule has 1 aromatic carbocycles. The highest BCUT2D eigenvalue weighted by molar-refractivity contribution is 5.92. The smallest absolute Gasteiger partial charge is 0.274 e. The van der Waals surface area contributed by atoms with E-state index in [1.807, 2.05) is 23.1 Å². The molecule has 3 heterocycles. The number of carbonyl (C=O) groups is 1. The molecule has 0 spiro atoms. The van der Waals surface area contributed by atoms with Gasteiger partial charge in [-0.3, -0.25) is 4.79 Å². The Morgan fingerprint density at radius 1 is 1.10 bits per heavy atom. The summed E-state index contributed by atoms with van der Waals surface area (Å²) in [4.78, 5) is 14.4. The van der Waals surface area contributed by atoms with Gasteiger partial charge in [0.15, 0.2) is 5.69 Å². The third-order valence-corrected chi connectivity index (χ3v) is 4.05. The minimum atomic E-state index is -0.0629. The van der Waals surface area contributed by atoms with Crippen LogP contribution in [0.25, 0.3) is 0 Å². The standard InChI is InChI=1S/C16H15N3O2/c20-16(19-8-11-3-1-2-4-12(11)9-19)15-7-13-10-21-6-5-14(13)17-18-15/h1-4,7H,5-6,8-10H2. The highest BCUT2D eigenvalue weighted by Crippen LogP contribution is 2.24. The molecule has 2 aliphatic rings. The number of rotatable bonds is 1. The normalized spacial score (nSPS) is 16.5. The zero-order valence-electron chi connectivity index (χ0n) is 11.6. The lowest BCUT2D eigenvalue weighted by Crippen LogP contribution is -2.27. The van der Waals surface area contributed by atoms with Gasteiger partial charge in [-0.05, 0) is 17.2 Å². The third-order valence-electron chi connectivity index (χ3n) is 4.05. The number of nitrogens with zero attached hydrogens (tertiary/aromatic N) is 3. The van der Waals surface area contributed by atoms with Gasteiger partial charge in [-0.25, -0.2) is 0 Å². The second kappa shape index (κ2) is 4.93. The molecule has 5 nitrogen and oxygen atoms in total. The molecule has 0 fully saturated rings. The van der Waals surface area contributed by atoms with Gasteiger partial charge in [0.2, 0.25) is 0 Å². The van der Waals surface area contributed by atoms with Gasteiger partial charge in [0, 0.05) is 25.1 Å². The van der Waals surface area contributed by atoms with E-state index in [0.29, 0.717) is 32.0 Å². The van der Waals surface area contributed by atoms with Gasteiger partial charge in [0.25, 0.3) is 5.91 Å². The van der Waals surface area contributed by atoms with Crippen molar-refractivity contribution in [3.63, 3.8) is 0 Å². The predicted molar refractivity (Wildman–Crippen MR) is 75.4 cm³/mol.